The first-order valence-electron chi connectivity index (χ1n) is 8.83. The highest BCUT2D eigenvalue weighted by Crippen LogP contribution is 2.22. The average molecular weight is 376 g/mol. The standard InChI is InChI=1S/C18H30ClNO3S/c1-3-5-6-7-9-15(8-4-2)18(14-21)20-24(22,23)17-12-10-16(19)11-13-17/h10-13,15,18,20-21H,3-9,14H2,1-2H3/t15-,18-/m1/s1. The Morgan fingerprint density at radius 3 is 2.25 bits per heavy atom. The molecule has 0 aliphatic heterocycles. The second-order valence-corrected chi connectivity index (χ2v) is 8.41. The molecule has 0 bridgehead atoms. The maximum atomic E-state index is 12.5. The van der Waals surface area contributed by atoms with Crippen molar-refractivity contribution < 1.29 is 13.5 Å². The Kier molecular flexibility index (Phi) is 9.89. The summed E-state index contributed by atoms with van der Waals surface area (Å²) in [6, 6.07) is 5.62. The molecule has 1 aromatic carbocycles. The normalized spacial score (nSPS) is 14.5. The molecule has 6 heteroatoms. The lowest BCUT2D eigenvalue weighted by Crippen LogP contribution is -2.42. The van der Waals surface area contributed by atoms with Gasteiger partial charge in [-0.2, -0.15) is 0 Å². The molecular formula is C18H30ClNO3S. The minimum atomic E-state index is -3.66. The van der Waals surface area contributed by atoms with Crippen molar-refractivity contribution in [1.29, 1.82) is 0 Å². The van der Waals surface area contributed by atoms with Gasteiger partial charge >= 0.3 is 0 Å². The number of hydrogen-bond donors (Lipinski definition) is 2. The van der Waals surface area contributed by atoms with Crippen molar-refractivity contribution >= 4 is 21.6 Å². The first-order valence-corrected chi connectivity index (χ1v) is 10.7. The number of aliphatic hydroxyl groups excluding tert-OH is 1. The Hall–Kier alpha value is -0.620. The fraction of sp³-hybridized carbons (Fsp3) is 0.667. The van der Waals surface area contributed by atoms with Crippen LogP contribution >= 0.6 is 11.6 Å². The fourth-order valence-electron chi connectivity index (χ4n) is 2.91. The van der Waals surface area contributed by atoms with Crippen LogP contribution in [0.1, 0.15) is 58.8 Å². The number of benzene rings is 1. The third kappa shape index (κ3) is 7.09. The highest BCUT2D eigenvalue weighted by atomic mass is 35.5. The Morgan fingerprint density at radius 2 is 1.71 bits per heavy atom. The van der Waals surface area contributed by atoms with E-state index in [1.807, 2.05) is 0 Å². The number of rotatable bonds is 12. The second-order valence-electron chi connectivity index (χ2n) is 6.26. The molecule has 4 nitrogen and oxygen atoms in total. The molecule has 0 aliphatic carbocycles. The van der Waals surface area contributed by atoms with E-state index in [0.717, 1.165) is 32.1 Å². The van der Waals surface area contributed by atoms with E-state index in [4.69, 9.17) is 11.6 Å². The van der Waals surface area contributed by atoms with Crippen molar-refractivity contribution in [3.63, 3.8) is 0 Å². The summed E-state index contributed by atoms with van der Waals surface area (Å²) in [5.41, 5.74) is 0. The Morgan fingerprint density at radius 1 is 1.04 bits per heavy atom. The Bertz CT molecular complexity index is 560. The van der Waals surface area contributed by atoms with Crippen LogP contribution in [0, 0.1) is 5.92 Å². The van der Waals surface area contributed by atoms with Gasteiger partial charge in [0.25, 0.3) is 0 Å². The van der Waals surface area contributed by atoms with Crippen LogP contribution in [0.2, 0.25) is 5.02 Å². The third-order valence-electron chi connectivity index (χ3n) is 4.28. The topological polar surface area (TPSA) is 66.4 Å². The van der Waals surface area contributed by atoms with Gasteiger partial charge in [0, 0.05) is 11.1 Å². The summed E-state index contributed by atoms with van der Waals surface area (Å²) in [7, 11) is -3.66. The van der Waals surface area contributed by atoms with Crippen molar-refractivity contribution in [3.8, 4) is 0 Å². The summed E-state index contributed by atoms with van der Waals surface area (Å²) >= 11 is 5.81. The van der Waals surface area contributed by atoms with Gasteiger partial charge in [-0.15, -0.1) is 0 Å². The van der Waals surface area contributed by atoms with Crippen molar-refractivity contribution in [2.75, 3.05) is 6.61 Å². The summed E-state index contributed by atoms with van der Waals surface area (Å²) in [6.45, 7) is 4.06. The lowest BCUT2D eigenvalue weighted by molar-refractivity contribution is 0.200. The molecule has 0 radical (unpaired) electrons. The number of aliphatic hydroxyl groups is 1. The molecule has 1 aromatic rings. The smallest absolute Gasteiger partial charge is 0.240 e. The SMILES string of the molecule is CCCCCC[C@@H](CCC)[C@@H](CO)NS(=O)(=O)c1ccc(Cl)cc1. The minimum Gasteiger partial charge on any atom is -0.395 e. The van der Waals surface area contributed by atoms with Crippen LogP contribution in [0.4, 0.5) is 0 Å². The maximum absolute atomic E-state index is 12.5. The predicted octanol–water partition coefficient (Wildman–Crippen LogP) is 4.37. The number of unbranched alkanes of at least 4 members (excludes halogenated alkanes) is 3. The van der Waals surface area contributed by atoms with Crippen molar-refractivity contribution in [2.45, 2.75) is 69.7 Å². The number of nitrogens with one attached hydrogen (secondary N) is 1. The molecule has 0 spiro atoms. The van der Waals surface area contributed by atoms with Gasteiger partial charge in [-0.05, 0) is 43.0 Å². The maximum Gasteiger partial charge on any atom is 0.240 e. The molecule has 0 heterocycles. The molecule has 0 fully saturated rings. The quantitative estimate of drug-likeness (QED) is 0.533. The average Bonchev–Trinajstić information content (AvgIpc) is 2.56. The van der Waals surface area contributed by atoms with Crippen molar-refractivity contribution in [2.24, 2.45) is 5.92 Å². The van der Waals surface area contributed by atoms with E-state index in [2.05, 4.69) is 18.6 Å². The van der Waals surface area contributed by atoms with Crippen LogP contribution < -0.4 is 4.72 Å². The molecule has 0 aromatic heterocycles. The third-order valence-corrected chi connectivity index (χ3v) is 6.04. The summed E-state index contributed by atoms with van der Waals surface area (Å²) in [5.74, 6) is 0.152. The fourth-order valence-corrected chi connectivity index (χ4v) is 4.34. The van der Waals surface area contributed by atoms with Crippen molar-refractivity contribution in [1.82, 2.24) is 4.72 Å². The molecule has 2 N–H and O–H groups in total. The van der Waals surface area contributed by atoms with Gasteiger partial charge in [0.1, 0.15) is 0 Å². The van der Waals surface area contributed by atoms with Crippen LogP contribution in [-0.2, 0) is 10.0 Å². The first kappa shape index (κ1) is 21.4. The molecular weight excluding hydrogens is 346 g/mol. The summed E-state index contributed by atoms with van der Waals surface area (Å²) in [6.07, 6.45) is 7.39. The van der Waals surface area contributed by atoms with Gasteiger partial charge in [-0.1, -0.05) is 57.6 Å². The molecule has 0 saturated carbocycles. The zero-order chi connectivity index (χ0) is 18.0. The van der Waals surface area contributed by atoms with Gasteiger partial charge in [0.2, 0.25) is 10.0 Å². The number of halogens is 1. The van der Waals surface area contributed by atoms with Gasteiger partial charge < -0.3 is 5.11 Å². The molecule has 0 saturated heterocycles. The highest BCUT2D eigenvalue weighted by Gasteiger charge is 2.26. The molecule has 0 amide bonds. The van der Waals surface area contributed by atoms with Crippen LogP contribution in [0.5, 0.6) is 0 Å². The van der Waals surface area contributed by atoms with Crippen LogP contribution in [0.3, 0.4) is 0 Å². The first-order chi connectivity index (χ1) is 11.4. The van der Waals surface area contributed by atoms with Crippen molar-refractivity contribution in [3.05, 3.63) is 29.3 Å². The van der Waals surface area contributed by atoms with E-state index in [1.165, 1.54) is 25.0 Å². The van der Waals surface area contributed by atoms with Gasteiger partial charge in [0.05, 0.1) is 11.5 Å². The molecule has 0 unspecified atom stereocenters. The lowest BCUT2D eigenvalue weighted by Gasteiger charge is -2.26. The molecule has 1 rings (SSSR count). The monoisotopic (exact) mass is 375 g/mol. The highest BCUT2D eigenvalue weighted by molar-refractivity contribution is 7.89. The van der Waals surface area contributed by atoms with E-state index >= 15 is 0 Å². The van der Waals surface area contributed by atoms with E-state index in [9.17, 15) is 13.5 Å². The van der Waals surface area contributed by atoms with E-state index in [0.29, 0.717) is 5.02 Å². The van der Waals surface area contributed by atoms with Crippen LogP contribution in [0.15, 0.2) is 29.2 Å². The lowest BCUT2D eigenvalue weighted by atomic mass is 9.90. The number of hydrogen-bond acceptors (Lipinski definition) is 3. The molecule has 2 atom stereocenters. The summed E-state index contributed by atoms with van der Waals surface area (Å²) in [5, 5.41) is 10.2. The Balaban J connectivity index is 2.78. The zero-order valence-corrected chi connectivity index (χ0v) is 16.2. The summed E-state index contributed by atoms with van der Waals surface area (Å²) < 4.78 is 27.7. The van der Waals surface area contributed by atoms with E-state index in [1.54, 1.807) is 12.1 Å². The Labute approximate surface area is 151 Å². The van der Waals surface area contributed by atoms with Crippen LogP contribution in [0.25, 0.3) is 0 Å². The molecule has 138 valence electrons. The van der Waals surface area contributed by atoms with Gasteiger partial charge in [0.15, 0.2) is 0 Å². The van der Waals surface area contributed by atoms with E-state index < -0.39 is 16.1 Å². The summed E-state index contributed by atoms with van der Waals surface area (Å²) in [4.78, 5) is 0.173. The second kappa shape index (κ2) is 11.1. The molecule has 0 aliphatic rings. The minimum absolute atomic E-state index is 0.152. The van der Waals surface area contributed by atoms with E-state index in [-0.39, 0.29) is 17.4 Å². The molecule has 24 heavy (non-hydrogen) atoms. The van der Waals surface area contributed by atoms with Gasteiger partial charge in [-0.3, -0.25) is 0 Å². The number of sulfonamides is 1. The van der Waals surface area contributed by atoms with Gasteiger partial charge in [-0.25, -0.2) is 13.1 Å². The van der Waals surface area contributed by atoms with Crippen LogP contribution in [-0.4, -0.2) is 26.2 Å². The zero-order valence-electron chi connectivity index (χ0n) is 14.7. The predicted molar refractivity (Wildman–Crippen MR) is 99.8 cm³/mol. The largest absolute Gasteiger partial charge is 0.395 e.